The number of aliphatic carboxylic acids is 1. The highest BCUT2D eigenvalue weighted by atomic mass is 16.4. The number of carboxylic acids is 1. The van der Waals surface area contributed by atoms with Gasteiger partial charge in [0.25, 0.3) is 0 Å². The van der Waals surface area contributed by atoms with Crippen LogP contribution in [0.2, 0.25) is 0 Å². The van der Waals surface area contributed by atoms with Crippen LogP contribution in [0, 0.1) is 5.41 Å². The molecule has 6 nitrogen and oxygen atoms in total. The summed E-state index contributed by atoms with van der Waals surface area (Å²) in [6.07, 6.45) is 2.89. The number of nitrogens with zero attached hydrogens (tertiary/aromatic N) is 2. The minimum Gasteiger partial charge on any atom is -0.480 e. The van der Waals surface area contributed by atoms with Crippen LogP contribution in [-0.2, 0) is 9.59 Å². The third kappa shape index (κ3) is 3.30. The predicted molar refractivity (Wildman–Crippen MR) is 75.5 cm³/mol. The summed E-state index contributed by atoms with van der Waals surface area (Å²) in [5.41, 5.74) is -0.243. The predicted octanol–water partition coefficient (Wildman–Crippen LogP) is -0.00500. The summed E-state index contributed by atoms with van der Waals surface area (Å²) in [6, 6.07) is 0. The number of rotatable bonds is 4. The Morgan fingerprint density at radius 1 is 1.25 bits per heavy atom. The first-order chi connectivity index (χ1) is 9.57. The van der Waals surface area contributed by atoms with E-state index in [0.717, 1.165) is 32.4 Å². The second-order valence-electron chi connectivity index (χ2n) is 5.88. The third-order valence-electron chi connectivity index (χ3n) is 4.62. The van der Waals surface area contributed by atoms with Crippen LogP contribution in [0.5, 0.6) is 0 Å². The van der Waals surface area contributed by atoms with Crippen molar-refractivity contribution in [3.05, 3.63) is 0 Å². The number of carbonyl (C=O) groups is 2. The van der Waals surface area contributed by atoms with Crippen LogP contribution in [0.1, 0.15) is 26.2 Å². The van der Waals surface area contributed by atoms with E-state index in [4.69, 9.17) is 5.11 Å². The molecule has 0 aromatic carbocycles. The number of piperazine rings is 1. The first kappa shape index (κ1) is 15.3. The van der Waals surface area contributed by atoms with Gasteiger partial charge in [-0.05, 0) is 25.8 Å². The lowest BCUT2D eigenvalue weighted by Gasteiger charge is -2.42. The first-order valence-electron chi connectivity index (χ1n) is 7.52. The van der Waals surface area contributed by atoms with Crippen molar-refractivity contribution < 1.29 is 14.7 Å². The molecule has 2 heterocycles. The molecule has 0 bridgehead atoms. The van der Waals surface area contributed by atoms with Crippen molar-refractivity contribution in [1.82, 2.24) is 15.1 Å². The average molecular weight is 283 g/mol. The minimum atomic E-state index is -0.800. The van der Waals surface area contributed by atoms with Crippen molar-refractivity contribution in [2.45, 2.75) is 26.2 Å². The normalized spacial score (nSPS) is 28.4. The number of hydrogen-bond acceptors (Lipinski definition) is 4. The molecule has 0 aromatic rings. The number of carbonyl (C=O) groups excluding carboxylic acids is 1. The number of piperidine rings is 1. The largest absolute Gasteiger partial charge is 0.480 e. The topological polar surface area (TPSA) is 72.9 Å². The number of amides is 1. The molecule has 2 saturated heterocycles. The number of nitrogens with one attached hydrogen (secondary N) is 1. The standard InChI is InChI=1S/C14H25N3O3/c1-2-14(4-3-5-15-11-14)13(20)17-8-6-16(7-9-17)10-12(18)19/h15H,2-11H2,1H3,(H,18,19). The quantitative estimate of drug-likeness (QED) is 0.759. The number of carboxylic acid groups (broad SMARTS) is 1. The van der Waals surface area contributed by atoms with Gasteiger partial charge in [-0.25, -0.2) is 0 Å². The van der Waals surface area contributed by atoms with E-state index in [1.54, 1.807) is 0 Å². The van der Waals surface area contributed by atoms with Crippen LogP contribution in [0.25, 0.3) is 0 Å². The van der Waals surface area contributed by atoms with Gasteiger partial charge in [-0.2, -0.15) is 0 Å². The molecule has 1 unspecified atom stereocenters. The Morgan fingerprint density at radius 2 is 1.95 bits per heavy atom. The van der Waals surface area contributed by atoms with Crippen molar-refractivity contribution in [1.29, 1.82) is 0 Å². The summed E-state index contributed by atoms with van der Waals surface area (Å²) in [5, 5.41) is 12.1. The van der Waals surface area contributed by atoms with Crippen LogP contribution in [-0.4, -0.2) is 72.6 Å². The zero-order valence-electron chi connectivity index (χ0n) is 12.2. The van der Waals surface area contributed by atoms with E-state index in [9.17, 15) is 9.59 Å². The van der Waals surface area contributed by atoms with E-state index in [1.165, 1.54) is 0 Å². The lowest BCUT2D eigenvalue weighted by Crippen LogP contribution is -2.57. The summed E-state index contributed by atoms with van der Waals surface area (Å²) in [7, 11) is 0. The lowest BCUT2D eigenvalue weighted by molar-refractivity contribution is -0.146. The molecule has 20 heavy (non-hydrogen) atoms. The number of hydrogen-bond donors (Lipinski definition) is 2. The molecule has 2 N–H and O–H groups in total. The van der Waals surface area contributed by atoms with Crippen molar-refractivity contribution >= 4 is 11.9 Å². The summed E-state index contributed by atoms with van der Waals surface area (Å²) >= 11 is 0. The van der Waals surface area contributed by atoms with Crippen LogP contribution in [0.3, 0.4) is 0 Å². The zero-order valence-corrected chi connectivity index (χ0v) is 12.2. The van der Waals surface area contributed by atoms with Gasteiger partial charge in [-0.1, -0.05) is 6.92 Å². The highest BCUT2D eigenvalue weighted by molar-refractivity contribution is 5.83. The fraction of sp³-hybridized carbons (Fsp3) is 0.857. The molecule has 2 fully saturated rings. The van der Waals surface area contributed by atoms with Gasteiger partial charge in [-0.15, -0.1) is 0 Å². The highest BCUT2D eigenvalue weighted by Crippen LogP contribution is 2.32. The summed E-state index contributed by atoms with van der Waals surface area (Å²) in [6.45, 7) is 6.55. The van der Waals surface area contributed by atoms with Gasteiger partial charge in [0.05, 0.1) is 12.0 Å². The van der Waals surface area contributed by atoms with Crippen molar-refractivity contribution in [3.8, 4) is 0 Å². The molecular weight excluding hydrogens is 258 g/mol. The molecule has 0 spiro atoms. The highest BCUT2D eigenvalue weighted by Gasteiger charge is 2.41. The van der Waals surface area contributed by atoms with Crippen LogP contribution in [0.4, 0.5) is 0 Å². The Morgan fingerprint density at radius 3 is 2.45 bits per heavy atom. The summed E-state index contributed by atoms with van der Waals surface area (Å²) in [5.74, 6) is -0.548. The summed E-state index contributed by atoms with van der Waals surface area (Å²) in [4.78, 5) is 27.3. The molecule has 114 valence electrons. The molecule has 0 saturated carbocycles. The molecule has 6 heteroatoms. The molecular formula is C14H25N3O3. The van der Waals surface area contributed by atoms with Gasteiger partial charge in [-0.3, -0.25) is 14.5 Å². The molecule has 2 aliphatic rings. The second-order valence-corrected chi connectivity index (χ2v) is 5.88. The van der Waals surface area contributed by atoms with E-state index in [0.29, 0.717) is 26.2 Å². The van der Waals surface area contributed by atoms with Crippen LogP contribution in [0.15, 0.2) is 0 Å². The fourth-order valence-corrected chi connectivity index (χ4v) is 3.24. The maximum Gasteiger partial charge on any atom is 0.317 e. The first-order valence-corrected chi connectivity index (χ1v) is 7.52. The summed E-state index contributed by atoms with van der Waals surface area (Å²) < 4.78 is 0. The minimum absolute atomic E-state index is 0.0719. The Hall–Kier alpha value is -1.14. The van der Waals surface area contributed by atoms with E-state index in [1.807, 2.05) is 9.80 Å². The zero-order chi connectivity index (χ0) is 14.6. The molecule has 2 rings (SSSR count). The molecule has 0 aromatic heterocycles. The van der Waals surface area contributed by atoms with Crippen LogP contribution < -0.4 is 5.32 Å². The van der Waals surface area contributed by atoms with E-state index < -0.39 is 5.97 Å². The maximum absolute atomic E-state index is 12.8. The maximum atomic E-state index is 12.8. The molecule has 2 aliphatic heterocycles. The van der Waals surface area contributed by atoms with Gasteiger partial charge in [0.2, 0.25) is 5.91 Å². The molecule has 0 radical (unpaired) electrons. The Kier molecular flexibility index (Phi) is 4.99. The van der Waals surface area contributed by atoms with Crippen LogP contribution >= 0.6 is 0 Å². The van der Waals surface area contributed by atoms with E-state index in [-0.39, 0.29) is 17.9 Å². The van der Waals surface area contributed by atoms with Gasteiger partial charge in [0.15, 0.2) is 0 Å². The molecule has 1 atom stereocenters. The average Bonchev–Trinajstić information content (AvgIpc) is 2.47. The van der Waals surface area contributed by atoms with Crippen molar-refractivity contribution in [2.75, 3.05) is 45.8 Å². The lowest BCUT2D eigenvalue weighted by atomic mass is 9.77. The second kappa shape index (κ2) is 6.54. The van der Waals surface area contributed by atoms with Gasteiger partial charge < -0.3 is 15.3 Å². The Bertz CT molecular complexity index is 359. The van der Waals surface area contributed by atoms with Gasteiger partial charge >= 0.3 is 5.97 Å². The monoisotopic (exact) mass is 283 g/mol. The van der Waals surface area contributed by atoms with Crippen molar-refractivity contribution in [2.24, 2.45) is 5.41 Å². The van der Waals surface area contributed by atoms with Gasteiger partial charge in [0.1, 0.15) is 0 Å². The van der Waals surface area contributed by atoms with E-state index in [2.05, 4.69) is 12.2 Å². The molecule has 1 amide bonds. The SMILES string of the molecule is CCC1(C(=O)N2CCN(CC(=O)O)CC2)CCCNC1. The third-order valence-corrected chi connectivity index (χ3v) is 4.62. The molecule has 0 aliphatic carbocycles. The van der Waals surface area contributed by atoms with Crippen molar-refractivity contribution in [3.63, 3.8) is 0 Å². The Balaban J connectivity index is 1.92. The van der Waals surface area contributed by atoms with E-state index >= 15 is 0 Å². The smallest absolute Gasteiger partial charge is 0.317 e. The fourth-order valence-electron chi connectivity index (χ4n) is 3.24. The Labute approximate surface area is 120 Å². The van der Waals surface area contributed by atoms with Gasteiger partial charge in [0, 0.05) is 32.7 Å².